The summed E-state index contributed by atoms with van der Waals surface area (Å²) in [6, 6.07) is 17.8. The summed E-state index contributed by atoms with van der Waals surface area (Å²) in [7, 11) is 0. The van der Waals surface area contributed by atoms with Crippen LogP contribution in [0.15, 0.2) is 66.3 Å². The maximum absolute atomic E-state index is 6.66. The Morgan fingerprint density at radius 3 is 2.59 bits per heavy atom. The van der Waals surface area contributed by atoms with Crippen LogP contribution in [0.1, 0.15) is 59.9 Å². The van der Waals surface area contributed by atoms with Crippen molar-refractivity contribution in [2.45, 2.75) is 58.8 Å². The average Bonchev–Trinajstić information content (AvgIpc) is 3.01. The molecule has 7 rings (SSSR count). The molecule has 0 radical (unpaired) electrons. The number of hydrogen-bond acceptors (Lipinski definition) is 4. The zero-order valence-electron chi connectivity index (χ0n) is 24.7. The Labute approximate surface area is 244 Å². The number of nitrogens with two attached hydrogens (primary N) is 1. The number of nitrogen functional groups attached to an aromatic ring is 1. The molecule has 1 aliphatic heterocycles. The number of piperazine rings is 1. The fourth-order valence-corrected chi connectivity index (χ4v) is 7.36. The van der Waals surface area contributed by atoms with Gasteiger partial charge in [0, 0.05) is 37.3 Å². The molecule has 0 atom stereocenters. The number of aromatic nitrogens is 1. The van der Waals surface area contributed by atoms with Crippen molar-refractivity contribution in [2.75, 3.05) is 43.4 Å². The number of benzene rings is 3. The summed E-state index contributed by atoms with van der Waals surface area (Å²) < 4.78 is 0. The normalized spacial score (nSPS) is 17.4. The van der Waals surface area contributed by atoms with Crippen LogP contribution in [0.2, 0.25) is 0 Å². The van der Waals surface area contributed by atoms with Gasteiger partial charge in [-0.3, -0.25) is 4.90 Å². The van der Waals surface area contributed by atoms with Gasteiger partial charge in [0.25, 0.3) is 0 Å². The van der Waals surface area contributed by atoms with E-state index in [-0.39, 0.29) is 0 Å². The number of hydrogen-bond donors (Lipinski definition) is 1. The second kappa shape index (κ2) is 11.0. The van der Waals surface area contributed by atoms with Gasteiger partial charge < -0.3 is 10.6 Å². The molecule has 3 aromatic carbocycles. The van der Waals surface area contributed by atoms with Gasteiger partial charge in [-0.2, -0.15) is 0 Å². The van der Waals surface area contributed by atoms with Crippen molar-refractivity contribution < 1.29 is 0 Å². The van der Waals surface area contributed by atoms with Crippen LogP contribution in [0, 0.1) is 13.8 Å². The third-order valence-electron chi connectivity index (χ3n) is 9.91. The van der Waals surface area contributed by atoms with Crippen molar-refractivity contribution in [3.05, 3.63) is 94.1 Å². The lowest BCUT2D eigenvalue weighted by molar-refractivity contribution is 0.252. The van der Waals surface area contributed by atoms with Crippen LogP contribution in [0.4, 0.5) is 11.5 Å². The average molecular weight is 543 g/mol. The number of pyridine rings is 1. The SMILES string of the molecule is Cc1c(N2CCN(CCCCc3cc4ccc5c(c4cc3N)CCC3=C5C=CCC3)CC2)nc2ccccc2c1C. The summed E-state index contributed by atoms with van der Waals surface area (Å²) in [5.41, 5.74) is 18.8. The number of anilines is 2. The van der Waals surface area contributed by atoms with Crippen LogP contribution < -0.4 is 10.6 Å². The van der Waals surface area contributed by atoms with E-state index in [1.165, 1.54) is 87.5 Å². The highest BCUT2D eigenvalue weighted by Crippen LogP contribution is 2.40. The van der Waals surface area contributed by atoms with E-state index >= 15 is 0 Å². The van der Waals surface area contributed by atoms with Crippen LogP contribution in [0.5, 0.6) is 0 Å². The van der Waals surface area contributed by atoms with Gasteiger partial charge in [0.15, 0.2) is 0 Å². The molecule has 0 bridgehead atoms. The molecule has 1 saturated heterocycles. The van der Waals surface area contributed by atoms with E-state index in [4.69, 9.17) is 10.7 Å². The molecule has 41 heavy (non-hydrogen) atoms. The number of rotatable bonds is 6. The van der Waals surface area contributed by atoms with E-state index in [2.05, 4.69) is 84.3 Å². The first-order chi connectivity index (χ1) is 20.1. The molecule has 1 aromatic heterocycles. The second-order valence-corrected chi connectivity index (χ2v) is 12.3. The Hall–Kier alpha value is -3.63. The first-order valence-electron chi connectivity index (χ1n) is 15.6. The minimum atomic E-state index is 0.965. The Balaban J connectivity index is 0.955. The van der Waals surface area contributed by atoms with Crippen molar-refractivity contribution in [1.82, 2.24) is 9.88 Å². The highest BCUT2D eigenvalue weighted by Gasteiger charge is 2.22. The number of unbranched alkanes of at least 4 members (excludes halogenated alkanes) is 1. The van der Waals surface area contributed by atoms with Crippen molar-refractivity contribution in [1.29, 1.82) is 0 Å². The molecule has 2 N–H and O–H groups in total. The van der Waals surface area contributed by atoms with Gasteiger partial charge in [-0.1, -0.05) is 48.1 Å². The van der Waals surface area contributed by atoms with Crippen LogP contribution in [-0.2, 0) is 12.8 Å². The summed E-state index contributed by atoms with van der Waals surface area (Å²) in [4.78, 5) is 10.2. The van der Waals surface area contributed by atoms with Crippen molar-refractivity contribution in [3.8, 4) is 0 Å². The summed E-state index contributed by atoms with van der Waals surface area (Å²) in [6.45, 7) is 9.90. The summed E-state index contributed by atoms with van der Waals surface area (Å²) in [6.07, 6.45) is 12.9. The molecule has 4 aromatic rings. The minimum absolute atomic E-state index is 0.965. The lowest BCUT2D eigenvalue weighted by atomic mass is 9.79. The first-order valence-corrected chi connectivity index (χ1v) is 15.6. The largest absolute Gasteiger partial charge is 0.398 e. The van der Waals surface area contributed by atoms with Crippen molar-refractivity contribution in [2.24, 2.45) is 0 Å². The molecule has 2 heterocycles. The molecular formula is C37H42N4. The summed E-state index contributed by atoms with van der Waals surface area (Å²) in [5.74, 6) is 1.17. The number of fused-ring (bicyclic) bond motifs is 5. The van der Waals surface area contributed by atoms with Gasteiger partial charge >= 0.3 is 0 Å². The van der Waals surface area contributed by atoms with E-state index in [9.17, 15) is 0 Å². The highest BCUT2D eigenvalue weighted by atomic mass is 15.3. The lowest BCUT2D eigenvalue weighted by Crippen LogP contribution is -2.47. The molecule has 4 nitrogen and oxygen atoms in total. The molecule has 0 unspecified atom stereocenters. The Morgan fingerprint density at radius 2 is 1.71 bits per heavy atom. The third kappa shape index (κ3) is 4.93. The third-order valence-corrected chi connectivity index (χ3v) is 9.91. The minimum Gasteiger partial charge on any atom is -0.398 e. The summed E-state index contributed by atoms with van der Waals surface area (Å²) in [5, 5.41) is 3.98. The smallest absolute Gasteiger partial charge is 0.132 e. The lowest BCUT2D eigenvalue weighted by Gasteiger charge is -2.36. The molecule has 0 saturated carbocycles. The zero-order valence-corrected chi connectivity index (χ0v) is 24.7. The Morgan fingerprint density at radius 1 is 0.854 bits per heavy atom. The molecule has 2 aliphatic carbocycles. The van der Waals surface area contributed by atoms with Crippen LogP contribution in [0.3, 0.4) is 0 Å². The maximum atomic E-state index is 6.66. The number of aryl methyl sites for hydroxylation is 3. The van der Waals surface area contributed by atoms with E-state index in [1.807, 2.05) is 0 Å². The van der Waals surface area contributed by atoms with Gasteiger partial charge in [0.2, 0.25) is 0 Å². The van der Waals surface area contributed by atoms with E-state index in [1.54, 1.807) is 5.57 Å². The van der Waals surface area contributed by atoms with Gasteiger partial charge in [-0.25, -0.2) is 4.98 Å². The molecule has 210 valence electrons. The molecule has 0 spiro atoms. The fraction of sp³-hybridized carbons (Fsp3) is 0.378. The van der Waals surface area contributed by atoms with Gasteiger partial charge in [0.1, 0.15) is 5.82 Å². The predicted molar refractivity (Wildman–Crippen MR) is 175 cm³/mol. The van der Waals surface area contributed by atoms with Crippen LogP contribution in [0.25, 0.3) is 27.2 Å². The van der Waals surface area contributed by atoms with Crippen molar-refractivity contribution >= 4 is 38.8 Å². The molecule has 0 amide bonds. The standard InChI is InChI=1S/C37H42N4/c1-25-26(2)37(39-36-13-6-5-11-30(25)36)41-21-19-40(20-22-41)18-8-7-10-29-23-28-15-17-32-31-12-4-3-9-27(31)14-16-33(32)34(28)24-35(29)38/h4-6,11-13,15,17,23-24H,3,7-10,14,16,18-22,38H2,1-2H3. The quantitative estimate of drug-likeness (QED) is 0.200. The van der Waals surface area contributed by atoms with E-state index in [0.717, 1.165) is 56.8 Å². The van der Waals surface area contributed by atoms with Crippen molar-refractivity contribution in [3.63, 3.8) is 0 Å². The number of para-hydroxylation sites is 1. The van der Waals surface area contributed by atoms with Gasteiger partial charge in [0.05, 0.1) is 5.52 Å². The first kappa shape index (κ1) is 26.3. The number of nitrogens with zero attached hydrogens (tertiary/aromatic N) is 3. The summed E-state index contributed by atoms with van der Waals surface area (Å²) >= 11 is 0. The predicted octanol–water partition coefficient (Wildman–Crippen LogP) is 7.78. The Bertz CT molecular complexity index is 1690. The molecule has 4 heteroatoms. The highest BCUT2D eigenvalue weighted by molar-refractivity contribution is 5.96. The monoisotopic (exact) mass is 542 g/mol. The van der Waals surface area contributed by atoms with E-state index < -0.39 is 0 Å². The second-order valence-electron chi connectivity index (χ2n) is 12.3. The van der Waals surface area contributed by atoms with E-state index in [0.29, 0.717) is 0 Å². The molecule has 1 fully saturated rings. The maximum Gasteiger partial charge on any atom is 0.132 e. The van der Waals surface area contributed by atoms with Crippen LogP contribution in [-0.4, -0.2) is 42.6 Å². The fourth-order valence-electron chi connectivity index (χ4n) is 7.36. The Kier molecular flexibility index (Phi) is 7.04. The van der Waals surface area contributed by atoms with Gasteiger partial charge in [-0.05, 0) is 128 Å². The van der Waals surface area contributed by atoms with Crippen LogP contribution >= 0.6 is 0 Å². The topological polar surface area (TPSA) is 45.4 Å². The molecular weight excluding hydrogens is 500 g/mol. The zero-order chi connectivity index (χ0) is 27.9. The van der Waals surface area contributed by atoms with Gasteiger partial charge in [-0.15, -0.1) is 0 Å². The molecule has 3 aliphatic rings. The number of allylic oxidation sites excluding steroid dienone is 4.